The van der Waals surface area contributed by atoms with Gasteiger partial charge in [-0.2, -0.15) is 17.5 Å². The van der Waals surface area contributed by atoms with E-state index in [4.69, 9.17) is 5.73 Å². The molecule has 0 aromatic heterocycles. The molecule has 3 N–H and O–H groups in total. The molecule has 202 valence electrons. The number of rotatable bonds is 4. The maximum Gasteiger partial charge on any atom is 0.416 e. The first kappa shape index (κ1) is 26.6. The number of sulfonamides is 1. The van der Waals surface area contributed by atoms with E-state index in [0.717, 1.165) is 16.4 Å². The van der Waals surface area contributed by atoms with Crippen molar-refractivity contribution in [3.63, 3.8) is 0 Å². The summed E-state index contributed by atoms with van der Waals surface area (Å²) < 4.78 is 96.9. The zero-order valence-electron chi connectivity index (χ0n) is 20.1. The Balaban J connectivity index is 1.64. The Morgan fingerprint density at radius 2 is 1.56 bits per heavy atom. The van der Waals surface area contributed by atoms with Crippen molar-refractivity contribution in [1.29, 1.82) is 0 Å². The zero-order valence-corrected chi connectivity index (χ0v) is 20.9. The molecule has 2 heterocycles. The van der Waals surface area contributed by atoms with Crippen LogP contribution in [0.5, 0.6) is 0 Å². The SMILES string of the molecule is NC1=NC(c2ccccc2F)C2=C(N1)/C(=C/c1ccccc1F)CN(S(=O)(=O)c1ccc(C(F)(F)F)cc1)C2. The topological polar surface area (TPSA) is 87.8 Å². The van der Waals surface area contributed by atoms with Crippen LogP contribution in [-0.2, 0) is 16.2 Å². The molecule has 12 heteroatoms. The summed E-state index contributed by atoms with van der Waals surface area (Å²) in [6.07, 6.45) is -3.19. The van der Waals surface area contributed by atoms with Crippen LogP contribution in [0.1, 0.15) is 22.7 Å². The van der Waals surface area contributed by atoms with Gasteiger partial charge in [-0.15, -0.1) is 0 Å². The minimum absolute atomic E-state index is 0.0412. The third kappa shape index (κ3) is 5.17. The fraction of sp³-hybridized carbons (Fsp3) is 0.148. The van der Waals surface area contributed by atoms with E-state index in [2.05, 4.69) is 10.3 Å². The number of nitrogens with zero attached hydrogens (tertiary/aromatic N) is 2. The lowest BCUT2D eigenvalue weighted by Crippen LogP contribution is -2.46. The van der Waals surface area contributed by atoms with Gasteiger partial charge < -0.3 is 11.1 Å². The Hall–Kier alpha value is -4.03. The molecule has 1 atom stereocenters. The van der Waals surface area contributed by atoms with Crippen molar-refractivity contribution in [2.75, 3.05) is 13.1 Å². The number of nitrogens with one attached hydrogen (secondary N) is 1. The largest absolute Gasteiger partial charge is 0.416 e. The van der Waals surface area contributed by atoms with Crippen molar-refractivity contribution in [2.45, 2.75) is 17.1 Å². The minimum atomic E-state index is -4.64. The van der Waals surface area contributed by atoms with E-state index in [0.29, 0.717) is 29.0 Å². The summed E-state index contributed by atoms with van der Waals surface area (Å²) in [6.45, 7) is -0.531. The molecular formula is C27H21F5N4O2S. The molecule has 0 fully saturated rings. The van der Waals surface area contributed by atoms with Crippen molar-refractivity contribution in [1.82, 2.24) is 9.62 Å². The number of aliphatic imine (C=N–C) groups is 1. The van der Waals surface area contributed by atoms with Crippen LogP contribution in [0.25, 0.3) is 6.08 Å². The maximum absolute atomic E-state index is 14.8. The third-order valence-electron chi connectivity index (χ3n) is 6.44. The second kappa shape index (κ2) is 9.93. The molecule has 0 amide bonds. The van der Waals surface area contributed by atoms with Crippen molar-refractivity contribution in [3.05, 3.63) is 118 Å². The van der Waals surface area contributed by atoms with Gasteiger partial charge in [0, 0.05) is 29.9 Å². The molecule has 3 aromatic rings. The number of nitrogens with two attached hydrogens (primary N) is 1. The van der Waals surface area contributed by atoms with Crippen molar-refractivity contribution >= 4 is 22.1 Å². The number of guanidine groups is 1. The van der Waals surface area contributed by atoms with E-state index in [1.807, 2.05) is 0 Å². The lowest BCUT2D eigenvalue weighted by Gasteiger charge is -2.37. The van der Waals surface area contributed by atoms with Crippen LogP contribution in [-0.4, -0.2) is 31.8 Å². The normalized spacial score (nSPS) is 19.5. The Labute approximate surface area is 221 Å². The Kier molecular flexibility index (Phi) is 6.77. The van der Waals surface area contributed by atoms with Crippen LogP contribution in [0.15, 0.2) is 99.5 Å². The monoisotopic (exact) mass is 560 g/mol. The van der Waals surface area contributed by atoms with E-state index >= 15 is 0 Å². The highest BCUT2D eigenvalue weighted by Crippen LogP contribution is 2.39. The summed E-state index contributed by atoms with van der Waals surface area (Å²) in [7, 11) is -4.34. The van der Waals surface area contributed by atoms with Gasteiger partial charge in [0.05, 0.1) is 10.5 Å². The molecule has 0 saturated heterocycles. The molecule has 2 aliphatic heterocycles. The van der Waals surface area contributed by atoms with Crippen LogP contribution in [0.2, 0.25) is 0 Å². The van der Waals surface area contributed by atoms with Crippen LogP contribution in [0.3, 0.4) is 0 Å². The second-order valence-corrected chi connectivity index (χ2v) is 10.9. The summed E-state index contributed by atoms with van der Waals surface area (Å²) in [5.74, 6) is -1.19. The van der Waals surface area contributed by atoms with E-state index in [9.17, 15) is 30.4 Å². The van der Waals surface area contributed by atoms with E-state index in [1.54, 1.807) is 12.1 Å². The fourth-order valence-corrected chi connectivity index (χ4v) is 5.94. The van der Waals surface area contributed by atoms with Gasteiger partial charge >= 0.3 is 6.18 Å². The lowest BCUT2D eigenvalue weighted by molar-refractivity contribution is -0.137. The van der Waals surface area contributed by atoms with Gasteiger partial charge in [0.25, 0.3) is 0 Å². The highest BCUT2D eigenvalue weighted by atomic mass is 32.2. The average Bonchev–Trinajstić information content (AvgIpc) is 2.89. The van der Waals surface area contributed by atoms with Gasteiger partial charge in [0.15, 0.2) is 5.96 Å². The highest BCUT2D eigenvalue weighted by molar-refractivity contribution is 7.89. The maximum atomic E-state index is 14.8. The molecule has 39 heavy (non-hydrogen) atoms. The lowest BCUT2D eigenvalue weighted by atomic mass is 9.90. The van der Waals surface area contributed by atoms with Gasteiger partial charge in [-0.1, -0.05) is 36.4 Å². The molecule has 0 radical (unpaired) electrons. The van der Waals surface area contributed by atoms with E-state index in [1.165, 1.54) is 42.5 Å². The van der Waals surface area contributed by atoms with Gasteiger partial charge in [-0.3, -0.25) is 0 Å². The number of hydrogen-bond donors (Lipinski definition) is 2. The molecule has 0 spiro atoms. The standard InChI is InChI=1S/C27H21F5N4O2S/c28-22-7-3-1-5-16(22)13-17-14-36(39(37,38)19-11-9-18(10-12-19)27(30,31)32)15-21-24(17)34-26(33)35-25(21)20-6-2-4-8-23(20)29/h1-13,25H,14-15H2,(H3,33,34,35)/b17-13+. The van der Waals surface area contributed by atoms with E-state index in [-0.39, 0.29) is 35.1 Å². The molecule has 0 saturated carbocycles. The quantitative estimate of drug-likeness (QED) is 0.441. The van der Waals surface area contributed by atoms with Gasteiger partial charge in [0.1, 0.15) is 17.7 Å². The summed E-state index contributed by atoms with van der Waals surface area (Å²) in [4.78, 5) is 3.96. The number of hydrogen-bond acceptors (Lipinski definition) is 5. The first-order valence-corrected chi connectivity index (χ1v) is 13.1. The molecule has 3 aromatic carbocycles. The predicted octanol–water partition coefficient (Wildman–Crippen LogP) is 4.98. The van der Waals surface area contributed by atoms with E-state index < -0.39 is 39.4 Å². The second-order valence-electron chi connectivity index (χ2n) is 8.95. The van der Waals surface area contributed by atoms with Crippen molar-refractivity contribution in [2.24, 2.45) is 10.7 Å². The predicted molar refractivity (Wildman–Crippen MR) is 136 cm³/mol. The molecule has 0 aliphatic carbocycles. The van der Waals surface area contributed by atoms with Gasteiger partial charge in [-0.05, 0) is 53.6 Å². The van der Waals surface area contributed by atoms with Crippen LogP contribution >= 0.6 is 0 Å². The van der Waals surface area contributed by atoms with Gasteiger partial charge in [0.2, 0.25) is 10.0 Å². The summed E-state index contributed by atoms with van der Waals surface area (Å²) in [5.41, 5.74) is 6.38. The zero-order chi connectivity index (χ0) is 27.9. The molecule has 2 aliphatic rings. The Morgan fingerprint density at radius 3 is 2.21 bits per heavy atom. The Bertz CT molecular complexity index is 1630. The summed E-state index contributed by atoms with van der Waals surface area (Å²) in [6, 6.07) is 13.8. The first-order valence-electron chi connectivity index (χ1n) is 11.7. The van der Waals surface area contributed by atoms with Gasteiger partial charge in [-0.25, -0.2) is 22.2 Å². The van der Waals surface area contributed by atoms with Crippen molar-refractivity contribution in [3.8, 4) is 0 Å². The van der Waals surface area contributed by atoms with Crippen LogP contribution in [0, 0.1) is 11.6 Å². The smallest absolute Gasteiger partial charge is 0.370 e. The Morgan fingerprint density at radius 1 is 0.923 bits per heavy atom. The van der Waals surface area contributed by atoms with Crippen LogP contribution < -0.4 is 11.1 Å². The molecule has 5 rings (SSSR count). The van der Waals surface area contributed by atoms with Crippen LogP contribution in [0.4, 0.5) is 22.0 Å². The molecular weight excluding hydrogens is 539 g/mol. The molecule has 1 unspecified atom stereocenters. The summed E-state index contributed by atoms with van der Waals surface area (Å²) in [5, 5.41) is 2.91. The highest BCUT2D eigenvalue weighted by Gasteiger charge is 2.38. The number of halogens is 5. The third-order valence-corrected chi connectivity index (χ3v) is 8.25. The number of alkyl halides is 3. The summed E-state index contributed by atoms with van der Waals surface area (Å²) >= 11 is 0. The fourth-order valence-electron chi connectivity index (χ4n) is 4.55. The average molecular weight is 561 g/mol. The first-order chi connectivity index (χ1) is 18.4. The molecule has 6 nitrogen and oxygen atoms in total. The molecule has 0 bridgehead atoms. The minimum Gasteiger partial charge on any atom is -0.370 e. The number of benzene rings is 3. The van der Waals surface area contributed by atoms with Crippen molar-refractivity contribution < 1.29 is 30.4 Å².